The minimum atomic E-state index is -5.08. The molecule has 0 aliphatic carbocycles. The van der Waals surface area contributed by atoms with Crippen LogP contribution in [0.5, 0.6) is 0 Å². The lowest BCUT2D eigenvalue weighted by Crippen LogP contribution is -2.33. The van der Waals surface area contributed by atoms with Crippen molar-refractivity contribution < 1.29 is 41.4 Å². The molecule has 1 heterocycles. The van der Waals surface area contributed by atoms with Crippen LogP contribution in [0.1, 0.15) is 43.6 Å². The van der Waals surface area contributed by atoms with Gasteiger partial charge in [-0.1, -0.05) is 39.8 Å². The molecule has 0 aliphatic heterocycles. The first kappa shape index (κ1) is 30.7. The molecule has 13 heteroatoms. The van der Waals surface area contributed by atoms with Gasteiger partial charge in [-0.3, -0.25) is 4.72 Å². The predicted molar refractivity (Wildman–Crippen MR) is 129 cm³/mol. The van der Waals surface area contributed by atoms with Crippen LogP contribution in [-0.4, -0.2) is 54.8 Å². The van der Waals surface area contributed by atoms with Crippen LogP contribution >= 0.6 is 0 Å². The molecule has 0 spiro atoms. The minimum Gasteiger partial charge on any atom is -0.478 e. The monoisotopic (exact) mass is 533 g/mol. The van der Waals surface area contributed by atoms with Crippen molar-refractivity contribution in [3.63, 3.8) is 0 Å². The summed E-state index contributed by atoms with van der Waals surface area (Å²) in [6.07, 6.45) is -3.72. The summed E-state index contributed by atoms with van der Waals surface area (Å²) < 4.78 is 59.5. The molecule has 9 nitrogen and oxygen atoms in total. The number of halogens is 3. The molecule has 0 radical (unpaired) electrons. The van der Waals surface area contributed by atoms with Crippen molar-refractivity contribution >= 4 is 33.5 Å². The quantitative estimate of drug-likeness (QED) is 0.424. The molecule has 2 aromatic rings. The Morgan fingerprint density at radius 1 is 1.06 bits per heavy atom. The van der Waals surface area contributed by atoms with E-state index in [2.05, 4.69) is 37.4 Å². The Morgan fingerprint density at radius 2 is 1.58 bits per heavy atom. The first-order valence-corrected chi connectivity index (χ1v) is 12.3. The maximum absolute atomic E-state index is 12.6. The van der Waals surface area contributed by atoms with Crippen LogP contribution in [0.15, 0.2) is 41.4 Å². The summed E-state index contributed by atoms with van der Waals surface area (Å²) in [4.78, 5) is 27.2. The molecule has 0 saturated carbocycles. The number of nitrogens with one attached hydrogen (secondary N) is 1. The fourth-order valence-electron chi connectivity index (χ4n) is 3.05. The van der Waals surface area contributed by atoms with Gasteiger partial charge in [-0.25, -0.2) is 23.0 Å². The average molecular weight is 534 g/mol. The summed E-state index contributed by atoms with van der Waals surface area (Å²) in [5, 5.41) is 16.8. The van der Waals surface area contributed by atoms with E-state index in [-0.39, 0.29) is 16.1 Å². The zero-order valence-corrected chi connectivity index (χ0v) is 21.3. The van der Waals surface area contributed by atoms with Crippen molar-refractivity contribution in [1.29, 1.82) is 0 Å². The van der Waals surface area contributed by atoms with Crippen molar-refractivity contribution in [3.8, 4) is 0 Å². The highest BCUT2D eigenvalue weighted by Crippen LogP contribution is 2.25. The fourth-order valence-corrected chi connectivity index (χ4v) is 4.19. The lowest BCUT2D eigenvalue weighted by Gasteiger charge is -2.28. The van der Waals surface area contributed by atoms with Gasteiger partial charge in [0.2, 0.25) is 0 Å². The molecule has 0 saturated heterocycles. The van der Waals surface area contributed by atoms with Crippen LogP contribution in [-0.2, 0) is 14.8 Å². The van der Waals surface area contributed by atoms with Gasteiger partial charge in [0, 0.05) is 13.1 Å². The Kier molecular flexibility index (Phi) is 10.7. The van der Waals surface area contributed by atoms with E-state index in [1.54, 1.807) is 25.1 Å². The van der Waals surface area contributed by atoms with Crippen LogP contribution in [0.25, 0.3) is 0 Å². The van der Waals surface area contributed by atoms with Crippen LogP contribution in [0.4, 0.5) is 24.7 Å². The Morgan fingerprint density at radius 3 is 2.00 bits per heavy atom. The van der Waals surface area contributed by atoms with Gasteiger partial charge in [-0.15, -0.1) is 0 Å². The number of pyridine rings is 1. The number of aliphatic carboxylic acids is 1. The van der Waals surface area contributed by atoms with Crippen molar-refractivity contribution in [3.05, 3.63) is 47.7 Å². The van der Waals surface area contributed by atoms with Crippen molar-refractivity contribution in [2.75, 3.05) is 22.7 Å². The summed E-state index contributed by atoms with van der Waals surface area (Å²) in [5.41, 5.74) is 0.892. The summed E-state index contributed by atoms with van der Waals surface area (Å²) in [5.74, 6) is -2.93. The molecule has 1 aromatic heterocycles. The van der Waals surface area contributed by atoms with Gasteiger partial charge in [0.15, 0.2) is 0 Å². The second-order valence-electron chi connectivity index (χ2n) is 8.82. The van der Waals surface area contributed by atoms with Gasteiger partial charge in [-0.05, 0) is 42.5 Å². The number of nitrogens with zero attached hydrogens (tertiary/aromatic N) is 2. The standard InChI is InChI=1S/C21H29N3O4S.C2HF3O2/c1-14(2)12-24(13-15(3)4)20-19(21(25)26)10-17(11-22-20)23-29(27,28)18-8-6-7-16(5)9-18;3-2(4,5)1(6)7/h6-11,14-15,23H,12-13H2,1-5H3,(H,25,26);(H,6,7). The van der Waals surface area contributed by atoms with E-state index in [4.69, 9.17) is 9.90 Å². The van der Waals surface area contributed by atoms with Gasteiger partial charge in [0.1, 0.15) is 11.4 Å². The minimum absolute atomic E-state index is 0.0317. The first-order chi connectivity index (χ1) is 16.4. The lowest BCUT2D eigenvalue weighted by molar-refractivity contribution is -0.192. The molecular weight excluding hydrogens is 503 g/mol. The van der Waals surface area contributed by atoms with Gasteiger partial charge < -0.3 is 15.1 Å². The summed E-state index contributed by atoms with van der Waals surface area (Å²) in [6, 6.07) is 7.82. The maximum atomic E-state index is 12.6. The molecular formula is C23H30F3N3O6S. The fraction of sp³-hybridized carbons (Fsp3) is 0.435. The number of aromatic nitrogens is 1. The number of alkyl halides is 3. The molecule has 0 atom stereocenters. The van der Waals surface area contributed by atoms with Gasteiger partial charge in [-0.2, -0.15) is 13.2 Å². The van der Waals surface area contributed by atoms with E-state index in [0.717, 1.165) is 5.56 Å². The second-order valence-corrected chi connectivity index (χ2v) is 10.5. The number of carboxylic acid groups (broad SMARTS) is 2. The molecule has 2 rings (SSSR count). The normalized spacial score (nSPS) is 11.6. The van der Waals surface area contributed by atoms with Crippen LogP contribution in [0, 0.1) is 18.8 Å². The van der Waals surface area contributed by atoms with E-state index < -0.39 is 28.1 Å². The highest BCUT2D eigenvalue weighted by atomic mass is 32.2. The Bertz CT molecular complexity index is 1160. The molecule has 0 unspecified atom stereocenters. The number of carbonyl (C=O) groups is 2. The number of anilines is 2. The Labute approximate surface area is 208 Å². The molecule has 0 amide bonds. The topological polar surface area (TPSA) is 137 Å². The summed E-state index contributed by atoms with van der Waals surface area (Å²) >= 11 is 0. The molecule has 36 heavy (non-hydrogen) atoms. The zero-order valence-electron chi connectivity index (χ0n) is 20.5. The summed E-state index contributed by atoms with van der Waals surface area (Å²) in [6.45, 7) is 11.3. The molecule has 3 N–H and O–H groups in total. The van der Waals surface area contributed by atoms with E-state index in [1.807, 2.05) is 4.90 Å². The molecule has 0 bridgehead atoms. The highest BCUT2D eigenvalue weighted by molar-refractivity contribution is 7.92. The third-order valence-electron chi connectivity index (χ3n) is 4.36. The lowest BCUT2D eigenvalue weighted by atomic mass is 10.1. The van der Waals surface area contributed by atoms with E-state index in [9.17, 15) is 31.5 Å². The number of aryl methyl sites for hydroxylation is 1. The molecule has 0 aliphatic rings. The van der Waals surface area contributed by atoms with Gasteiger partial charge in [0.25, 0.3) is 10.0 Å². The largest absolute Gasteiger partial charge is 0.490 e. The molecule has 200 valence electrons. The number of rotatable bonds is 9. The van der Waals surface area contributed by atoms with Crippen molar-refractivity contribution in [1.82, 2.24) is 4.98 Å². The van der Waals surface area contributed by atoms with Gasteiger partial charge in [0.05, 0.1) is 16.8 Å². The van der Waals surface area contributed by atoms with E-state index in [0.29, 0.717) is 30.7 Å². The molecule has 1 aromatic carbocycles. The number of hydrogen-bond donors (Lipinski definition) is 3. The Balaban J connectivity index is 0.000000809. The number of hydrogen-bond acceptors (Lipinski definition) is 6. The van der Waals surface area contributed by atoms with Crippen LogP contribution in [0.3, 0.4) is 0 Å². The predicted octanol–water partition coefficient (Wildman–Crippen LogP) is 4.64. The number of sulfonamides is 1. The van der Waals surface area contributed by atoms with Gasteiger partial charge >= 0.3 is 18.1 Å². The smallest absolute Gasteiger partial charge is 0.478 e. The van der Waals surface area contributed by atoms with Crippen LogP contribution in [0.2, 0.25) is 0 Å². The van der Waals surface area contributed by atoms with E-state index in [1.165, 1.54) is 18.3 Å². The number of benzene rings is 1. The number of carboxylic acids is 2. The Hall–Kier alpha value is -3.35. The average Bonchev–Trinajstić information content (AvgIpc) is 2.72. The number of aromatic carboxylic acids is 1. The summed E-state index contributed by atoms with van der Waals surface area (Å²) in [7, 11) is -3.85. The first-order valence-electron chi connectivity index (χ1n) is 10.8. The van der Waals surface area contributed by atoms with E-state index >= 15 is 0 Å². The zero-order chi connectivity index (χ0) is 27.8. The van der Waals surface area contributed by atoms with Crippen molar-refractivity contribution in [2.45, 2.75) is 45.7 Å². The third kappa shape index (κ3) is 9.72. The van der Waals surface area contributed by atoms with Crippen LogP contribution < -0.4 is 9.62 Å². The third-order valence-corrected chi connectivity index (χ3v) is 5.74. The second kappa shape index (κ2) is 12.6. The molecule has 0 fully saturated rings. The van der Waals surface area contributed by atoms with Crippen molar-refractivity contribution in [2.24, 2.45) is 11.8 Å². The highest BCUT2D eigenvalue weighted by Gasteiger charge is 2.38. The maximum Gasteiger partial charge on any atom is 0.490 e. The SMILES string of the molecule is Cc1cccc(S(=O)(=O)Nc2cnc(N(CC(C)C)CC(C)C)c(C(=O)O)c2)c1.O=C(O)C(F)(F)F.